The van der Waals surface area contributed by atoms with Gasteiger partial charge in [-0.3, -0.25) is 9.69 Å². The summed E-state index contributed by atoms with van der Waals surface area (Å²) in [6.07, 6.45) is 3.55. The van der Waals surface area contributed by atoms with Gasteiger partial charge >= 0.3 is 0 Å². The van der Waals surface area contributed by atoms with E-state index in [4.69, 9.17) is 5.11 Å². The molecule has 3 heteroatoms. The number of Topliss-reactive ketones (excluding diaryl/α,β-unsaturated/α-hetero) is 1. The Morgan fingerprint density at radius 1 is 1.33 bits per heavy atom. The smallest absolute Gasteiger partial charge is 0.176 e. The van der Waals surface area contributed by atoms with Gasteiger partial charge in [-0.1, -0.05) is 36.2 Å². The molecule has 0 heterocycles. The fourth-order valence-electron chi connectivity index (χ4n) is 2.29. The maximum absolute atomic E-state index is 12.2. The molecule has 1 aromatic rings. The van der Waals surface area contributed by atoms with E-state index in [0.717, 1.165) is 24.0 Å². The number of aryl methyl sites for hydroxylation is 1. The second-order valence-corrected chi connectivity index (χ2v) is 5.07. The molecule has 0 aromatic heterocycles. The van der Waals surface area contributed by atoms with Gasteiger partial charge in [0.05, 0.1) is 13.2 Å². The molecule has 3 nitrogen and oxygen atoms in total. The summed E-state index contributed by atoms with van der Waals surface area (Å²) in [5.41, 5.74) is 1.93. The van der Waals surface area contributed by atoms with Gasteiger partial charge in [-0.15, -0.1) is 0 Å². The topological polar surface area (TPSA) is 40.5 Å². The molecule has 1 N–H and O–H groups in total. The molecule has 98 valence electrons. The van der Waals surface area contributed by atoms with Gasteiger partial charge in [0.15, 0.2) is 5.78 Å². The van der Waals surface area contributed by atoms with Crippen LogP contribution in [0.1, 0.15) is 35.2 Å². The van der Waals surface area contributed by atoms with Crippen LogP contribution in [0.2, 0.25) is 0 Å². The van der Waals surface area contributed by atoms with Crippen molar-refractivity contribution in [2.45, 2.75) is 32.2 Å². The fraction of sp³-hybridized carbons (Fsp3) is 0.533. The molecule has 1 saturated carbocycles. The van der Waals surface area contributed by atoms with Gasteiger partial charge in [0.2, 0.25) is 0 Å². The number of carbonyl (C=O) groups is 1. The van der Waals surface area contributed by atoms with Gasteiger partial charge in [-0.2, -0.15) is 0 Å². The first-order valence-electron chi connectivity index (χ1n) is 6.65. The zero-order chi connectivity index (χ0) is 13.0. The van der Waals surface area contributed by atoms with Crippen molar-refractivity contribution in [3.8, 4) is 0 Å². The number of aliphatic hydroxyl groups excluding tert-OH is 1. The molecule has 0 amide bonds. The summed E-state index contributed by atoms with van der Waals surface area (Å²) in [6.45, 7) is 3.16. The minimum Gasteiger partial charge on any atom is -0.395 e. The van der Waals surface area contributed by atoms with Crippen molar-refractivity contribution < 1.29 is 9.90 Å². The third-order valence-electron chi connectivity index (χ3n) is 3.70. The van der Waals surface area contributed by atoms with Crippen molar-refractivity contribution in [2.75, 3.05) is 19.7 Å². The molecule has 2 rings (SSSR count). The van der Waals surface area contributed by atoms with E-state index in [9.17, 15) is 4.79 Å². The third-order valence-corrected chi connectivity index (χ3v) is 3.70. The molecule has 18 heavy (non-hydrogen) atoms. The Bertz CT molecular complexity index is 395. The van der Waals surface area contributed by atoms with Crippen LogP contribution in [0.15, 0.2) is 24.3 Å². The summed E-state index contributed by atoms with van der Waals surface area (Å²) < 4.78 is 0. The van der Waals surface area contributed by atoms with Crippen LogP contribution >= 0.6 is 0 Å². The first-order chi connectivity index (χ1) is 8.70. The second-order valence-electron chi connectivity index (χ2n) is 5.07. The van der Waals surface area contributed by atoms with Gasteiger partial charge in [0.25, 0.3) is 0 Å². The van der Waals surface area contributed by atoms with Crippen LogP contribution in [0.25, 0.3) is 0 Å². The van der Waals surface area contributed by atoms with Gasteiger partial charge in [0.1, 0.15) is 0 Å². The molecular weight excluding hydrogens is 226 g/mol. The lowest BCUT2D eigenvalue weighted by atomic mass is 9.91. The van der Waals surface area contributed by atoms with E-state index < -0.39 is 0 Å². The number of hydrogen-bond acceptors (Lipinski definition) is 3. The molecule has 0 atom stereocenters. The monoisotopic (exact) mass is 247 g/mol. The lowest BCUT2D eigenvalue weighted by Gasteiger charge is -2.36. The van der Waals surface area contributed by atoms with Crippen LogP contribution < -0.4 is 0 Å². The third kappa shape index (κ3) is 3.18. The summed E-state index contributed by atoms with van der Waals surface area (Å²) in [4.78, 5) is 14.3. The van der Waals surface area contributed by atoms with E-state index >= 15 is 0 Å². The van der Waals surface area contributed by atoms with E-state index in [1.807, 2.05) is 31.2 Å². The zero-order valence-electron chi connectivity index (χ0n) is 10.9. The quantitative estimate of drug-likeness (QED) is 0.782. The normalized spacial score (nSPS) is 15.7. The lowest BCUT2D eigenvalue weighted by Crippen LogP contribution is -2.44. The highest BCUT2D eigenvalue weighted by Gasteiger charge is 2.26. The van der Waals surface area contributed by atoms with Gasteiger partial charge in [0, 0.05) is 18.2 Å². The molecule has 0 saturated heterocycles. The molecule has 0 spiro atoms. The standard InChI is InChI=1S/C15H21NO2/c1-12-5-7-13(8-6-12)15(18)11-16(9-10-17)14-3-2-4-14/h5-8,14,17H,2-4,9-11H2,1H3. The largest absolute Gasteiger partial charge is 0.395 e. The van der Waals surface area contributed by atoms with Crippen LogP contribution in [0, 0.1) is 6.92 Å². The number of hydrogen-bond donors (Lipinski definition) is 1. The Morgan fingerprint density at radius 2 is 2.00 bits per heavy atom. The highest BCUT2D eigenvalue weighted by molar-refractivity contribution is 5.97. The Morgan fingerprint density at radius 3 is 2.50 bits per heavy atom. The summed E-state index contributed by atoms with van der Waals surface area (Å²) >= 11 is 0. The molecule has 0 aliphatic heterocycles. The first kappa shape index (κ1) is 13.2. The number of benzene rings is 1. The number of carbonyl (C=O) groups excluding carboxylic acids is 1. The van der Waals surface area contributed by atoms with Crippen LogP contribution in [0.5, 0.6) is 0 Å². The minimum atomic E-state index is 0.123. The maximum Gasteiger partial charge on any atom is 0.176 e. The predicted octanol–water partition coefficient (Wildman–Crippen LogP) is 2.02. The summed E-state index contributed by atoms with van der Waals surface area (Å²) in [5, 5.41) is 9.07. The van der Waals surface area contributed by atoms with Gasteiger partial charge in [-0.25, -0.2) is 0 Å². The molecule has 1 fully saturated rings. The molecular formula is C15H21NO2. The SMILES string of the molecule is Cc1ccc(C(=O)CN(CCO)C2CCC2)cc1. The van der Waals surface area contributed by atoms with Crippen LogP contribution in [-0.4, -0.2) is 41.5 Å². The second kappa shape index (κ2) is 6.12. The molecule has 1 aliphatic rings. The van der Waals surface area contributed by atoms with E-state index in [1.165, 1.54) is 6.42 Å². The Balaban J connectivity index is 1.97. The van der Waals surface area contributed by atoms with Crippen molar-refractivity contribution in [3.63, 3.8) is 0 Å². The summed E-state index contributed by atoms with van der Waals surface area (Å²) in [6, 6.07) is 8.19. The predicted molar refractivity (Wildman–Crippen MR) is 71.8 cm³/mol. The van der Waals surface area contributed by atoms with E-state index in [1.54, 1.807) is 0 Å². The average Bonchev–Trinajstić information content (AvgIpc) is 2.27. The zero-order valence-corrected chi connectivity index (χ0v) is 10.9. The first-order valence-corrected chi connectivity index (χ1v) is 6.65. The van der Waals surface area contributed by atoms with Crippen molar-refractivity contribution in [3.05, 3.63) is 35.4 Å². The van der Waals surface area contributed by atoms with E-state index in [2.05, 4.69) is 4.90 Å². The number of rotatable bonds is 6. The van der Waals surface area contributed by atoms with Crippen molar-refractivity contribution in [1.29, 1.82) is 0 Å². The number of aliphatic hydroxyl groups is 1. The van der Waals surface area contributed by atoms with Crippen LogP contribution in [0.4, 0.5) is 0 Å². The van der Waals surface area contributed by atoms with Crippen molar-refractivity contribution in [2.24, 2.45) is 0 Å². The average molecular weight is 247 g/mol. The van der Waals surface area contributed by atoms with Gasteiger partial charge < -0.3 is 5.11 Å². The molecule has 0 unspecified atom stereocenters. The summed E-state index contributed by atoms with van der Waals surface area (Å²) in [7, 11) is 0. The lowest BCUT2D eigenvalue weighted by molar-refractivity contribution is 0.0747. The highest BCUT2D eigenvalue weighted by atomic mass is 16.3. The minimum absolute atomic E-state index is 0.123. The van der Waals surface area contributed by atoms with Crippen LogP contribution in [0.3, 0.4) is 0 Å². The van der Waals surface area contributed by atoms with Gasteiger partial charge in [-0.05, 0) is 19.8 Å². The van der Waals surface area contributed by atoms with E-state index in [-0.39, 0.29) is 12.4 Å². The molecule has 0 bridgehead atoms. The molecule has 1 aromatic carbocycles. The highest BCUT2D eigenvalue weighted by Crippen LogP contribution is 2.24. The Hall–Kier alpha value is -1.19. The van der Waals surface area contributed by atoms with E-state index in [0.29, 0.717) is 19.1 Å². The Labute approximate surface area is 108 Å². The molecule has 1 aliphatic carbocycles. The summed E-state index contributed by atoms with van der Waals surface area (Å²) in [5.74, 6) is 0.148. The van der Waals surface area contributed by atoms with Crippen LogP contribution in [-0.2, 0) is 0 Å². The van der Waals surface area contributed by atoms with Crippen molar-refractivity contribution in [1.82, 2.24) is 4.90 Å². The maximum atomic E-state index is 12.2. The molecule has 0 radical (unpaired) electrons. The number of ketones is 1. The van der Waals surface area contributed by atoms with Crippen molar-refractivity contribution >= 4 is 5.78 Å². The number of nitrogens with zero attached hydrogens (tertiary/aromatic N) is 1. The Kier molecular flexibility index (Phi) is 4.50. The fourth-order valence-corrected chi connectivity index (χ4v) is 2.29.